The number of alkyl halides is 1. The summed E-state index contributed by atoms with van der Waals surface area (Å²) in [6.07, 6.45) is 2.15. The van der Waals surface area contributed by atoms with Crippen molar-refractivity contribution in [2.75, 3.05) is 25.5 Å². The first-order valence-electron chi connectivity index (χ1n) is 6.63. The van der Waals surface area contributed by atoms with Crippen molar-refractivity contribution >= 4 is 17.5 Å². The van der Waals surface area contributed by atoms with Gasteiger partial charge in [0.1, 0.15) is 0 Å². The van der Waals surface area contributed by atoms with Crippen LogP contribution in [-0.4, -0.2) is 42.4 Å². The highest BCUT2D eigenvalue weighted by Gasteiger charge is 2.13. The molecule has 0 saturated carbocycles. The summed E-state index contributed by atoms with van der Waals surface area (Å²) in [7, 11) is 0. The molecule has 0 fully saturated rings. The van der Waals surface area contributed by atoms with Crippen molar-refractivity contribution in [3.63, 3.8) is 0 Å². The number of carbonyl (C=O) groups excluding carboxylic acids is 1. The van der Waals surface area contributed by atoms with Crippen LogP contribution in [0.15, 0.2) is 0 Å². The molecule has 0 spiro atoms. The Kier molecular flexibility index (Phi) is 9.56. The average Bonchev–Trinajstić information content (AvgIpc) is 2.33. The molecule has 3 nitrogen and oxygen atoms in total. The fourth-order valence-electron chi connectivity index (χ4n) is 1.69. The number of halogens is 1. The number of amides is 1. The monoisotopic (exact) mass is 262 g/mol. The molecule has 0 saturated heterocycles. The van der Waals surface area contributed by atoms with Crippen LogP contribution in [-0.2, 0) is 4.79 Å². The van der Waals surface area contributed by atoms with Crippen LogP contribution >= 0.6 is 11.6 Å². The first-order chi connectivity index (χ1) is 8.04. The fraction of sp³-hybridized carbons (Fsp3) is 0.923. The Balaban J connectivity index is 3.72. The molecule has 4 heteroatoms. The Bertz CT molecular complexity index is 208. The van der Waals surface area contributed by atoms with Gasteiger partial charge in [-0.2, -0.15) is 0 Å². The third-order valence-electron chi connectivity index (χ3n) is 3.07. The van der Waals surface area contributed by atoms with E-state index in [2.05, 4.69) is 31.0 Å². The lowest BCUT2D eigenvalue weighted by molar-refractivity contribution is -0.124. The minimum atomic E-state index is -0.0955. The number of carbonyl (C=O) groups is 1. The Hall–Kier alpha value is -0.280. The van der Waals surface area contributed by atoms with Crippen molar-refractivity contribution in [2.45, 2.75) is 46.6 Å². The van der Waals surface area contributed by atoms with Crippen molar-refractivity contribution in [3.05, 3.63) is 0 Å². The van der Waals surface area contributed by atoms with Crippen molar-refractivity contribution in [1.82, 2.24) is 10.2 Å². The highest BCUT2D eigenvalue weighted by molar-refractivity contribution is 6.19. The molecule has 102 valence electrons. The maximum absolute atomic E-state index is 11.6. The number of hydrogen-bond acceptors (Lipinski definition) is 2. The molecule has 0 aliphatic carbocycles. The standard InChI is InChI=1S/C13H27ClN2O/c1-5-16(6-2)9-7-8-12(4)15-13(17)11(3)10-14/h11-12H,5-10H2,1-4H3,(H,15,17). The second-order valence-electron chi connectivity index (χ2n) is 4.63. The van der Waals surface area contributed by atoms with E-state index in [9.17, 15) is 4.79 Å². The van der Waals surface area contributed by atoms with Crippen molar-refractivity contribution in [2.24, 2.45) is 5.92 Å². The van der Waals surface area contributed by atoms with Gasteiger partial charge in [-0.3, -0.25) is 4.79 Å². The van der Waals surface area contributed by atoms with Gasteiger partial charge < -0.3 is 10.2 Å². The second-order valence-corrected chi connectivity index (χ2v) is 4.94. The van der Waals surface area contributed by atoms with Gasteiger partial charge in [0.15, 0.2) is 0 Å². The molecule has 0 aliphatic rings. The molecule has 0 bridgehead atoms. The van der Waals surface area contributed by atoms with Gasteiger partial charge in [0, 0.05) is 17.8 Å². The lowest BCUT2D eigenvalue weighted by atomic mass is 10.1. The molecule has 0 heterocycles. The predicted molar refractivity (Wildman–Crippen MR) is 74.5 cm³/mol. The first-order valence-corrected chi connectivity index (χ1v) is 7.17. The number of nitrogens with one attached hydrogen (secondary N) is 1. The van der Waals surface area contributed by atoms with Gasteiger partial charge >= 0.3 is 0 Å². The highest BCUT2D eigenvalue weighted by atomic mass is 35.5. The molecule has 2 unspecified atom stereocenters. The lowest BCUT2D eigenvalue weighted by Crippen LogP contribution is -2.37. The molecule has 0 aromatic rings. The minimum absolute atomic E-state index is 0.0651. The summed E-state index contributed by atoms with van der Waals surface area (Å²) >= 11 is 5.65. The minimum Gasteiger partial charge on any atom is -0.353 e. The summed E-state index contributed by atoms with van der Waals surface area (Å²) in [4.78, 5) is 14.0. The SMILES string of the molecule is CCN(CC)CCCC(C)NC(=O)C(C)CCl. The van der Waals surface area contributed by atoms with Crippen molar-refractivity contribution < 1.29 is 4.79 Å². The van der Waals surface area contributed by atoms with E-state index in [0.717, 1.165) is 32.5 Å². The smallest absolute Gasteiger partial charge is 0.224 e. The average molecular weight is 263 g/mol. The Morgan fingerprint density at radius 2 is 1.88 bits per heavy atom. The van der Waals surface area contributed by atoms with Gasteiger partial charge in [0.2, 0.25) is 5.91 Å². The van der Waals surface area contributed by atoms with E-state index in [4.69, 9.17) is 11.6 Å². The van der Waals surface area contributed by atoms with Crippen molar-refractivity contribution in [3.8, 4) is 0 Å². The Morgan fingerprint density at radius 3 is 2.35 bits per heavy atom. The molecule has 0 aliphatic heterocycles. The van der Waals surface area contributed by atoms with Gasteiger partial charge in [-0.1, -0.05) is 20.8 Å². The van der Waals surface area contributed by atoms with Crippen LogP contribution in [0.5, 0.6) is 0 Å². The summed E-state index contributed by atoms with van der Waals surface area (Å²) in [5.41, 5.74) is 0. The zero-order chi connectivity index (χ0) is 13.3. The van der Waals surface area contributed by atoms with E-state index in [1.807, 2.05) is 6.92 Å². The molecule has 2 atom stereocenters. The van der Waals surface area contributed by atoms with Crippen LogP contribution in [0.25, 0.3) is 0 Å². The van der Waals surface area contributed by atoms with Crippen LogP contribution in [0, 0.1) is 5.92 Å². The summed E-state index contributed by atoms with van der Waals surface area (Å²) in [5.74, 6) is 0.357. The van der Waals surface area contributed by atoms with Gasteiger partial charge in [0.05, 0.1) is 0 Å². The third-order valence-corrected chi connectivity index (χ3v) is 3.54. The largest absolute Gasteiger partial charge is 0.353 e. The van der Waals surface area contributed by atoms with Gasteiger partial charge in [-0.25, -0.2) is 0 Å². The highest BCUT2D eigenvalue weighted by Crippen LogP contribution is 2.03. The predicted octanol–water partition coefficient (Wildman–Crippen LogP) is 2.49. The molecule has 0 radical (unpaired) electrons. The topological polar surface area (TPSA) is 32.3 Å². The van der Waals surface area contributed by atoms with Gasteiger partial charge in [-0.15, -0.1) is 11.6 Å². The molecule has 1 N–H and O–H groups in total. The van der Waals surface area contributed by atoms with E-state index in [0.29, 0.717) is 5.88 Å². The molecule has 0 aromatic carbocycles. The van der Waals surface area contributed by atoms with E-state index in [-0.39, 0.29) is 17.9 Å². The quantitative estimate of drug-likeness (QED) is 0.648. The summed E-state index contributed by atoms with van der Waals surface area (Å²) < 4.78 is 0. The van der Waals surface area contributed by atoms with Crippen LogP contribution < -0.4 is 5.32 Å². The summed E-state index contributed by atoms with van der Waals surface area (Å²) in [5, 5.41) is 3.00. The van der Waals surface area contributed by atoms with Crippen LogP contribution in [0.3, 0.4) is 0 Å². The van der Waals surface area contributed by atoms with E-state index < -0.39 is 0 Å². The maximum atomic E-state index is 11.6. The van der Waals surface area contributed by atoms with Gasteiger partial charge in [0.25, 0.3) is 0 Å². The van der Waals surface area contributed by atoms with E-state index >= 15 is 0 Å². The maximum Gasteiger partial charge on any atom is 0.224 e. The van der Waals surface area contributed by atoms with Crippen LogP contribution in [0.4, 0.5) is 0 Å². The number of hydrogen-bond donors (Lipinski definition) is 1. The third kappa shape index (κ3) is 7.61. The molecular formula is C13H27ClN2O. The lowest BCUT2D eigenvalue weighted by Gasteiger charge is -2.20. The summed E-state index contributed by atoms with van der Waals surface area (Å²) in [6, 6.07) is 0.240. The van der Waals surface area contributed by atoms with Crippen LogP contribution in [0.2, 0.25) is 0 Å². The zero-order valence-electron chi connectivity index (χ0n) is 11.6. The molecule has 1 amide bonds. The van der Waals surface area contributed by atoms with Crippen LogP contribution in [0.1, 0.15) is 40.5 Å². The van der Waals surface area contributed by atoms with Gasteiger partial charge in [-0.05, 0) is 39.4 Å². The molecule has 0 rings (SSSR count). The molecular weight excluding hydrogens is 236 g/mol. The zero-order valence-corrected chi connectivity index (χ0v) is 12.4. The Labute approximate surface area is 111 Å². The Morgan fingerprint density at radius 1 is 1.29 bits per heavy atom. The summed E-state index contributed by atoms with van der Waals surface area (Å²) in [6.45, 7) is 11.6. The number of rotatable bonds is 9. The second kappa shape index (κ2) is 9.72. The first kappa shape index (κ1) is 16.7. The normalized spacial score (nSPS) is 14.7. The number of nitrogens with zero attached hydrogens (tertiary/aromatic N) is 1. The fourth-order valence-corrected chi connectivity index (χ4v) is 1.83. The van der Waals surface area contributed by atoms with E-state index in [1.54, 1.807) is 0 Å². The molecule has 0 aromatic heterocycles. The van der Waals surface area contributed by atoms with E-state index in [1.165, 1.54) is 0 Å². The molecule has 17 heavy (non-hydrogen) atoms. The van der Waals surface area contributed by atoms with Crippen molar-refractivity contribution in [1.29, 1.82) is 0 Å².